The van der Waals surface area contributed by atoms with Crippen molar-refractivity contribution in [1.29, 1.82) is 0 Å². The van der Waals surface area contributed by atoms with E-state index in [1.807, 2.05) is 38.2 Å². The monoisotopic (exact) mass is 256 g/mol. The van der Waals surface area contributed by atoms with Gasteiger partial charge in [0.25, 0.3) is 0 Å². The second-order valence-electron chi connectivity index (χ2n) is 4.87. The summed E-state index contributed by atoms with van der Waals surface area (Å²) in [6, 6.07) is 10.1. The minimum atomic E-state index is -0.0651. The first-order chi connectivity index (χ1) is 9.10. The number of hydrogen-bond acceptors (Lipinski definition) is 3. The van der Waals surface area contributed by atoms with Gasteiger partial charge in [0, 0.05) is 24.4 Å². The molecule has 0 bridgehead atoms. The Bertz CT molecular complexity index is 549. The summed E-state index contributed by atoms with van der Waals surface area (Å²) in [6.45, 7) is 4.05. The normalized spacial score (nSPS) is 12.2. The van der Waals surface area contributed by atoms with E-state index in [2.05, 4.69) is 17.1 Å². The van der Waals surface area contributed by atoms with Crippen LogP contribution in [-0.2, 0) is 6.42 Å². The molecule has 3 nitrogen and oxygen atoms in total. The lowest BCUT2D eigenvalue weighted by atomic mass is 10.0. The lowest BCUT2D eigenvalue weighted by Crippen LogP contribution is -2.14. The van der Waals surface area contributed by atoms with Crippen LogP contribution in [0, 0.1) is 13.8 Å². The summed E-state index contributed by atoms with van der Waals surface area (Å²) in [5.74, 6) is 0.879. The predicted octanol–water partition coefficient (Wildman–Crippen LogP) is 2.95. The van der Waals surface area contributed by atoms with Crippen LogP contribution in [-0.4, -0.2) is 12.1 Å². The van der Waals surface area contributed by atoms with Crippen LogP contribution in [0.4, 0.5) is 0 Å². The molecule has 0 radical (unpaired) electrons. The van der Waals surface area contributed by atoms with E-state index in [1.54, 1.807) is 7.11 Å². The maximum absolute atomic E-state index is 6.24. The van der Waals surface area contributed by atoms with Gasteiger partial charge in [-0.1, -0.05) is 18.2 Å². The molecule has 0 fully saturated rings. The van der Waals surface area contributed by atoms with Crippen molar-refractivity contribution in [2.45, 2.75) is 26.3 Å². The molecule has 0 aliphatic rings. The fourth-order valence-electron chi connectivity index (χ4n) is 2.03. The van der Waals surface area contributed by atoms with Gasteiger partial charge in [-0.3, -0.25) is 4.98 Å². The molecule has 2 aromatic rings. The number of methoxy groups -OCH3 is 1. The highest BCUT2D eigenvalue weighted by molar-refractivity contribution is 5.38. The number of nitrogens with zero attached hydrogens (tertiary/aromatic N) is 1. The molecule has 1 heterocycles. The van der Waals surface area contributed by atoms with Gasteiger partial charge in [0.1, 0.15) is 5.75 Å². The molecule has 0 spiro atoms. The standard InChI is InChI=1S/C16H20N2O/c1-11-4-7-14(18-10-11)9-15(17)13-6-5-12(2)16(8-13)19-3/h4-8,10,15H,9,17H2,1-3H3. The number of rotatable bonds is 4. The Morgan fingerprint density at radius 1 is 1.21 bits per heavy atom. The highest BCUT2D eigenvalue weighted by Crippen LogP contribution is 2.23. The Balaban J connectivity index is 2.15. The molecular weight excluding hydrogens is 236 g/mol. The molecule has 1 atom stereocenters. The second-order valence-corrected chi connectivity index (χ2v) is 4.87. The zero-order valence-corrected chi connectivity index (χ0v) is 11.7. The van der Waals surface area contributed by atoms with Crippen molar-refractivity contribution in [3.05, 3.63) is 58.9 Å². The fraction of sp³-hybridized carbons (Fsp3) is 0.312. The van der Waals surface area contributed by atoms with Crippen molar-refractivity contribution in [3.8, 4) is 5.75 Å². The van der Waals surface area contributed by atoms with E-state index in [-0.39, 0.29) is 6.04 Å². The third-order valence-corrected chi connectivity index (χ3v) is 3.26. The van der Waals surface area contributed by atoms with Gasteiger partial charge in [0.2, 0.25) is 0 Å². The lowest BCUT2D eigenvalue weighted by molar-refractivity contribution is 0.410. The van der Waals surface area contributed by atoms with E-state index >= 15 is 0 Å². The number of nitrogens with two attached hydrogens (primary N) is 1. The zero-order valence-electron chi connectivity index (χ0n) is 11.7. The maximum atomic E-state index is 6.24. The molecule has 0 aliphatic carbocycles. The quantitative estimate of drug-likeness (QED) is 0.915. The largest absolute Gasteiger partial charge is 0.496 e. The first kappa shape index (κ1) is 13.6. The first-order valence-corrected chi connectivity index (χ1v) is 6.42. The van der Waals surface area contributed by atoms with Crippen molar-refractivity contribution in [2.75, 3.05) is 7.11 Å². The molecule has 2 rings (SSSR count). The van der Waals surface area contributed by atoms with Crippen molar-refractivity contribution in [1.82, 2.24) is 4.98 Å². The van der Waals surface area contributed by atoms with Gasteiger partial charge in [0.15, 0.2) is 0 Å². The van der Waals surface area contributed by atoms with E-state index in [9.17, 15) is 0 Å². The van der Waals surface area contributed by atoms with Gasteiger partial charge in [-0.15, -0.1) is 0 Å². The summed E-state index contributed by atoms with van der Waals surface area (Å²) < 4.78 is 5.33. The van der Waals surface area contributed by atoms with Crippen molar-refractivity contribution >= 4 is 0 Å². The Kier molecular flexibility index (Phi) is 4.17. The smallest absolute Gasteiger partial charge is 0.122 e. The molecule has 0 saturated carbocycles. The van der Waals surface area contributed by atoms with E-state index in [4.69, 9.17) is 10.5 Å². The highest BCUT2D eigenvalue weighted by atomic mass is 16.5. The average molecular weight is 256 g/mol. The van der Waals surface area contributed by atoms with Crippen LogP contribution in [0.15, 0.2) is 36.5 Å². The lowest BCUT2D eigenvalue weighted by Gasteiger charge is -2.14. The van der Waals surface area contributed by atoms with Crippen molar-refractivity contribution in [3.63, 3.8) is 0 Å². The minimum absolute atomic E-state index is 0.0651. The Morgan fingerprint density at radius 3 is 2.63 bits per heavy atom. The second kappa shape index (κ2) is 5.85. The third kappa shape index (κ3) is 3.32. The molecule has 1 unspecified atom stereocenters. The molecule has 19 heavy (non-hydrogen) atoms. The molecule has 100 valence electrons. The minimum Gasteiger partial charge on any atom is -0.496 e. The van der Waals surface area contributed by atoms with Gasteiger partial charge in [-0.2, -0.15) is 0 Å². The number of aryl methyl sites for hydroxylation is 2. The number of ether oxygens (including phenoxy) is 1. The molecule has 3 heteroatoms. The molecule has 0 aliphatic heterocycles. The van der Waals surface area contributed by atoms with Gasteiger partial charge in [-0.25, -0.2) is 0 Å². The van der Waals surface area contributed by atoms with Gasteiger partial charge in [0.05, 0.1) is 7.11 Å². The van der Waals surface area contributed by atoms with Gasteiger partial charge in [-0.05, 0) is 42.7 Å². The van der Waals surface area contributed by atoms with E-state index in [0.717, 1.165) is 34.6 Å². The molecule has 1 aromatic carbocycles. The number of aromatic nitrogens is 1. The van der Waals surface area contributed by atoms with Crippen LogP contribution in [0.3, 0.4) is 0 Å². The van der Waals surface area contributed by atoms with Crippen LogP contribution in [0.25, 0.3) is 0 Å². The number of benzene rings is 1. The van der Waals surface area contributed by atoms with Gasteiger partial charge < -0.3 is 10.5 Å². The van der Waals surface area contributed by atoms with Gasteiger partial charge >= 0.3 is 0 Å². The summed E-state index contributed by atoms with van der Waals surface area (Å²) in [7, 11) is 1.68. The molecule has 0 amide bonds. The van der Waals surface area contributed by atoms with E-state index < -0.39 is 0 Å². The van der Waals surface area contributed by atoms with Crippen LogP contribution in [0.1, 0.15) is 28.4 Å². The number of pyridine rings is 1. The number of hydrogen-bond donors (Lipinski definition) is 1. The zero-order chi connectivity index (χ0) is 13.8. The first-order valence-electron chi connectivity index (χ1n) is 6.42. The third-order valence-electron chi connectivity index (χ3n) is 3.26. The Labute approximate surface area is 114 Å². The topological polar surface area (TPSA) is 48.1 Å². The van der Waals surface area contributed by atoms with Crippen LogP contribution >= 0.6 is 0 Å². The Morgan fingerprint density at radius 2 is 2.00 bits per heavy atom. The SMILES string of the molecule is COc1cc(C(N)Cc2ccc(C)cn2)ccc1C. The highest BCUT2D eigenvalue weighted by Gasteiger charge is 2.10. The Hall–Kier alpha value is -1.87. The molecular formula is C16H20N2O. The summed E-state index contributed by atoms with van der Waals surface area (Å²) in [6.07, 6.45) is 2.60. The van der Waals surface area contributed by atoms with Crippen LogP contribution < -0.4 is 10.5 Å². The molecule has 0 saturated heterocycles. The van der Waals surface area contributed by atoms with Crippen molar-refractivity contribution in [2.24, 2.45) is 5.73 Å². The summed E-state index contributed by atoms with van der Waals surface area (Å²) >= 11 is 0. The van der Waals surface area contributed by atoms with E-state index in [1.165, 1.54) is 0 Å². The molecule has 1 aromatic heterocycles. The summed E-state index contributed by atoms with van der Waals surface area (Å²) in [4.78, 5) is 4.39. The maximum Gasteiger partial charge on any atom is 0.122 e. The summed E-state index contributed by atoms with van der Waals surface area (Å²) in [5, 5.41) is 0. The van der Waals surface area contributed by atoms with E-state index in [0.29, 0.717) is 0 Å². The van der Waals surface area contributed by atoms with Crippen LogP contribution in [0.2, 0.25) is 0 Å². The fourth-order valence-corrected chi connectivity index (χ4v) is 2.03. The predicted molar refractivity (Wildman–Crippen MR) is 77.3 cm³/mol. The molecule has 2 N–H and O–H groups in total. The van der Waals surface area contributed by atoms with Crippen LogP contribution in [0.5, 0.6) is 5.75 Å². The summed E-state index contributed by atoms with van der Waals surface area (Å²) in [5.41, 5.74) is 10.6. The van der Waals surface area contributed by atoms with Crippen molar-refractivity contribution < 1.29 is 4.74 Å². The average Bonchev–Trinajstić information content (AvgIpc) is 2.42.